The van der Waals surface area contributed by atoms with Gasteiger partial charge in [0.25, 0.3) is 11.8 Å². The molecule has 0 saturated carbocycles. The van der Waals surface area contributed by atoms with E-state index in [1.54, 1.807) is 55.9 Å². The second-order valence-corrected chi connectivity index (χ2v) is 26.2. The van der Waals surface area contributed by atoms with Crippen LogP contribution < -0.4 is 27.0 Å². The summed E-state index contributed by atoms with van der Waals surface area (Å²) in [4.78, 5) is 62.2. The van der Waals surface area contributed by atoms with E-state index in [9.17, 15) is 24.3 Å². The van der Waals surface area contributed by atoms with Gasteiger partial charge >= 0.3 is 0 Å². The van der Waals surface area contributed by atoms with Crippen LogP contribution in [-0.2, 0) is 35.0 Å². The summed E-state index contributed by atoms with van der Waals surface area (Å²) >= 11 is 4.45. The van der Waals surface area contributed by atoms with Gasteiger partial charge in [-0.2, -0.15) is 0 Å². The molecule has 4 heterocycles. The Kier molecular flexibility index (Phi) is 22.8. The minimum absolute atomic E-state index is 0.0240. The van der Waals surface area contributed by atoms with Crippen molar-refractivity contribution in [2.75, 3.05) is 43.4 Å². The molecule has 0 spiro atoms. The number of carbonyl (C=O) groups is 4. The Balaban J connectivity index is 0.000000231. The quantitative estimate of drug-likeness (QED) is 0.0353. The van der Waals surface area contributed by atoms with Crippen molar-refractivity contribution in [1.82, 2.24) is 35.0 Å². The smallest absolute Gasteiger partial charge is 0.268 e. The Morgan fingerprint density at radius 3 is 2.10 bits per heavy atom. The second kappa shape index (κ2) is 28.3. The van der Waals surface area contributed by atoms with Gasteiger partial charge in [0, 0.05) is 75.0 Å². The van der Waals surface area contributed by atoms with Gasteiger partial charge in [0.05, 0.1) is 38.5 Å². The minimum atomic E-state index is -0.974. The number of aryl methyl sites for hydroxylation is 2. The lowest BCUT2D eigenvalue weighted by Gasteiger charge is -2.34. The number of aliphatic hydroxyl groups is 1. The van der Waals surface area contributed by atoms with Crippen LogP contribution in [0.2, 0.25) is 0 Å². The molecule has 7 rings (SSSR count). The zero-order valence-electron chi connectivity index (χ0n) is 48.3. The summed E-state index contributed by atoms with van der Waals surface area (Å²) in [6, 6.07) is 23.1. The molecule has 15 nitrogen and oxygen atoms in total. The van der Waals surface area contributed by atoms with Gasteiger partial charge in [0.15, 0.2) is 5.13 Å². The summed E-state index contributed by atoms with van der Waals surface area (Å²) < 4.78 is 2.87. The highest BCUT2D eigenvalue weighted by Crippen LogP contribution is 2.33. The number of fused-ring (bicyclic) bond motifs is 1. The van der Waals surface area contributed by atoms with Crippen molar-refractivity contribution >= 4 is 86.3 Å². The summed E-state index contributed by atoms with van der Waals surface area (Å²) in [7, 11) is 0. The molecule has 6 aromatic rings. The number of anilines is 2. The fraction of sp³-hybridized carbons (Fsp3) is 0.467. The van der Waals surface area contributed by atoms with Crippen LogP contribution in [0.25, 0.3) is 16.6 Å². The largest absolute Gasteiger partial charge is 0.404 e. The van der Waals surface area contributed by atoms with Crippen LogP contribution in [0, 0.1) is 31.6 Å². The van der Waals surface area contributed by atoms with Crippen LogP contribution in [0.3, 0.4) is 0 Å². The number of allylic oxidation sites excluding steroid dienone is 1. The molecule has 422 valence electrons. The van der Waals surface area contributed by atoms with Gasteiger partial charge in [-0.05, 0) is 129 Å². The molecule has 4 amide bonds. The van der Waals surface area contributed by atoms with E-state index in [4.69, 9.17) is 10.7 Å². The van der Waals surface area contributed by atoms with E-state index in [1.165, 1.54) is 33.8 Å². The van der Waals surface area contributed by atoms with Crippen LogP contribution in [-0.4, -0.2) is 97.9 Å². The zero-order valence-corrected chi connectivity index (χ0v) is 50.8. The lowest BCUT2D eigenvalue weighted by Crippen LogP contribution is -2.50. The van der Waals surface area contributed by atoms with Crippen LogP contribution in [0.1, 0.15) is 141 Å². The van der Waals surface area contributed by atoms with Crippen molar-refractivity contribution in [3.8, 4) is 0 Å². The first-order valence-corrected chi connectivity index (χ1v) is 29.3. The number of imidazole rings is 1. The molecule has 1 saturated heterocycles. The number of hydrogen-bond acceptors (Lipinski definition) is 13. The summed E-state index contributed by atoms with van der Waals surface area (Å²) in [5, 5.41) is 23.6. The van der Waals surface area contributed by atoms with Gasteiger partial charge in [-0.3, -0.25) is 24.5 Å². The number of nitrogens with one attached hydrogen (secondary N) is 4. The highest BCUT2D eigenvalue weighted by atomic mass is 32.2. The number of benzene rings is 3. The van der Waals surface area contributed by atoms with E-state index in [2.05, 4.69) is 118 Å². The number of amides is 4. The predicted molar refractivity (Wildman–Crippen MR) is 324 cm³/mol. The first kappa shape index (κ1) is 62.9. The molecule has 0 bridgehead atoms. The number of thiophene rings is 1. The number of aromatic nitrogens is 3. The Morgan fingerprint density at radius 2 is 1.50 bits per heavy atom. The van der Waals surface area contributed by atoms with Gasteiger partial charge in [0.1, 0.15) is 0 Å². The normalized spacial score (nSPS) is 13.6. The first-order chi connectivity index (χ1) is 36.7. The fourth-order valence-electron chi connectivity index (χ4n) is 8.19. The topological polar surface area (TPSA) is 200 Å². The average Bonchev–Trinajstić information content (AvgIpc) is 4.16. The number of thiazole rings is 1. The molecular formula is C60H84N10O5S3. The highest BCUT2D eigenvalue weighted by Gasteiger charge is 2.26. The molecule has 1 unspecified atom stereocenters. The van der Waals surface area contributed by atoms with Crippen LogP contribution in [0.5, 0.6) is 0 Å². The first-order valence-electron chi connectivity index (χ1n) is 26.7. The number of nitrogens with zero attached hydrogens (tertiary/aromatic N) is 5. The molecule has 0 radical (unpaired) electrons. The number of hydrogen-bond donors (Lipinski definition) is 6. The highest BCUT2D eigenvalue weighted by molar-refractivity contribution is 8.00. The Hall–Kier alpha value is -5.89. The number of nitrogens with two attached hydrogens (primary N) is 1. The van der Waals surface area contributed by atoms with Crippen LogP contribution >= 0.6 is 34.4 Å². The van der Waals surface area contributed by atoms with E-state index in [0.29, 0.717) is 72.3 Å². The molecule has 3 aromatic heterocycles. The molecule has 0 aliphatic carbocycles. The van der Waals surface area contributed by atoms with Gasteiger partial charge in [0.2, 0.25) is 18.3 Å². The van der Waals surface area contributed by atoms with Crippen molar-refractivity contribution in [3.63, 3.8) is 0 Å². The van der Waals surface area contributed by atoms with E-state index < -0.39 is 5.60 Å². The van der Waals surface area contributed by atoms with Crippen molar-refractivity contribution in [2.24, 2.45) is 16.6 Å². The molecule has 3 aromatic carbocycles. The molecule has 1 aliphatic heterocycles. The predicted octanol–water partition coefficient (Wildman–Crippen LogP) is 11.4. The van der Waals surface area contributed by atoms with E-state index in [0.717, 1.165) is 79.6 Å². The summed E-state index contributed by atoms with van der Waals surface area (Å²) in [6.45, 7) is 34.0. The van der Waals surface area contributed by atoms with E-state index >= 15 is 0 Å². The number of thioether (sulfide) groups is 1. The lowest BCUT2D eigenvalue weighted by molar-refractivity contribution is -0.130. The molecule has 1 atom stereocenters. The van der Waals surface area contributed by atoms with Crippen molar-refractivity contribution in [2.45, 2.75) is 145 Å². The Morgan fingerprint density at radius 1 is 0.846 bits per heavy atom. The third-order valence-corrected chi connectivity index (χ3v) is 16.7. The monoisotopic (exact) mass is 1120 g/mol. The lowest BCUT2D eigenvalue weighted by atomic mass is 9.88. The Labute approximate surface area is 475 Å². The summed E-state index contributed by atoms with van der Waals surface area (Å²) in [5.74, 6) is 0.973. The minimum Gasteiger partial charge on any atom is -0.404 e. The van der Waals surface area contributed by atoms with Gasteiger partial charge in [-0.1, -0.05) is 102 Å². The molecule has 7 N–H and O–H groups in total. The number of piperazine rings is 1. The van der Waals surface area contributed by atoms with Gasteiger partial charge in [-0.15, -0.1) is 23.1 Å². The second-order valence-electron chi connectivity index (χ2n) is 22.9. The molecular weight excluding hydrogens is 1040 g/mol. The number of rotatable bonds is 18. The van der Waals surface area contributed by atoms with E-state index in [-0.39, 0.29) is 23.1 Å². The maximum Gasteiger partial charge on any atom is 0.268 e. The van der Waals surface area contributed by atoms with Crippen LogP contribution in [0.4, 0.5) is 11.1 Å². The standard InChI is InChI=1S/C26H37N5O2S.C20H24N4O3S2.C14H23N/c1-7-18(13-27)21-10-11-22(34-21)23(32)30-24-29-19-12-17(14-28-15-25(2,3)4)8-9-20(19)31(24)16-26(5,6)33;1-13-8-16(11-28-18-10-21-20(29-18)22-12-25)9-17(14(13)2)19(27)24-6-4-23(5-7-24)15(3)26;1-11-6-8-13(9-7-11)10-15-12(2)14(3,4)5/h8-13,28,33H,7,14-16,27H2,1-6H3,(H,29,30,32);8-10,12H,4-7,11H2,1-3H3,(H,21,22,25);6-9,12,15H,10H2,1-5H3/b18-13+;;. The zero-order chi connectivity index (χ0) is 57.5. The van der Waals surface area contributed by atoms with Gasteiger partial charge in [-0.25, -0.2) is 9.97 Å². The third kappa shape index (κ3) is 19.2. The average molecular weight is 1120 g/mol. The number of carbonyl (C=O) groups excluding carboxylic acids is 4. The molecule has 1 fully saturated rings. The maximum absolute atomic E-state index is 13.1. The van der Waals surface area contributed by atoms with Crippen molar-refractivity contribution in [3.05, 3.63) is 128 Å². The summed E-state index contributed by atoms with van der Waals surface area (Å²) in [6.07, 6.45) is 4.74. The molecule has 78 heavy (non-hydrogen) atoms. The van der Waals surface area contributed by atoms with Gasteiger partial charge < -0.3 is 41.2 Å². The van der Waals surface area contributed by atoms with Crippen molar-refractivity contribution < 1.29 is 24.3 Å². The SMILES string of the molecule is CC(=O)N1CCN(C(=O)c2cc(CSc3cnc(NC=O)s3)cc(C)c2C)CC1.CC/C(=C\N)c1ccc(C(=O)Nc2nc3cc(CNCC(C)(C)C)ccc3n2CC(C)(C)O)s1.Cc1ccc(CNC(C)C(C)(C)C)cc1. The third-order valence-electron chi connectivity index (χ3n) is 13.3. The van der Waals surface area contributed by atoms with E-state index in [1.807, 2.05) is 54.5 Å². The van der Waals surface area contributed by atoms with Crippen molar-refractivity contribution in [1.29, 1.82) is 0 Å². The maximum atomic E-state index is 13.1. The van der Waals surface area contributed by atoms with Crippen LogP contribution in [0.15, 0.2) is 83.3 Å². The summed E-state index contributed by atoms with van der Waals surface area (Å²) in [5.41, 5.74) is 15.6. The molecule has 1 aliphatic rings. The molecule has 18 heteroatoms. The Bertz CT molecular complexity index is 2990. The fourth-order valence-corrected chi connectivity index (χ4v) is 11.0.